The van der Waals surface area contributed by atoms with Crippen LogP contribution in [0, 0.1) is 0 Å². The first-order chi connectivity index (χ1) is 8.63. The molecule has 0 saturated heterocycles. The predicted molar refractivity (Wildman–Crippen MR) is 79.2 cm³/mol. The van der Waals surface area contributed by atoms with Gasteiger partial charge >= 0.3 is 0 Å². The molecular weight excluding hydrogens is 268 g/mol. The molecule has 1 N–H and O–H groups in total. The maximum absolute atomic E-state index is 11.8. The van der Waals surface area contributed by atoms with Crippen LogP contribution in [0.15, 0.2) is 24.3 Å². The summed E-state index contributed by atoms with van der Waals surface area (Å²) in [7, 11) is 3.71. The van der Waals surface area contributed by atoms with Crippen LogP contribution in [-0.2, 0) is 10.5 Å². The van der Waals surface area contributed by atoms with Gasteiger partial charge in [0.25, 0.3) is 0 Å². The summed E-state index contributed by atoms with van der Waals surface area (Å²) in [6, 6.07) is 7.74. The maximum Gasteiger partial charge on any atom is 0.232 e. The van der Waals surface area contributed by atoms with E-state index >= 15 is 0 Å². The number of hydrogen-bond donors (Lipinski definition) is 1. The molecule has 0 aliphatic carbocycles. The zero-order valence-electron chi connectivity index (χ0n) is 10.8. The number of carbonyl (C=O) groups is 1. The minimum absolute atomic E-state index is 0.164. The summed E-state index contributed by atoms with van der Waals surface area (Å²) in [6.45, 7) is 1.56. The third kappa shape index (κ3) is 5.76. The number of amides is 1. The van der Waals surface area contributed by atoms with Crippen molar-refractivity contribution in [2.24, 2.45) is 0 Å². The largest absolute Gasteiger partial charge is 0.344 e. The number of nitrogens with one attached hydrogen (secondary N) is 1. The van der Waals surface area contributed by atoms with Gasteiger partial charge in [-0.3, -0.25) is 4.79 Å². The van der Waals surface area contributed by atoms with Crippen molar-refractivity contribution in [2.45, 2.75) is 5.75 Å². The van der Waals surface area contributed by atoms with Gasteiger partial charge in [-0.15, -0.1) is 11.8 Å². The van der Waals surface area contributed by atoms with Gasteiger partial charge in [-0.1, -0.05) is 23.7 Å². The van der Waals surface area contributed by atoms with Gasteiger partial charge in [0.1, 0.15) is 0 Å². The van der Waals surface area contributed by atoms with E-state index in [1.54, 1.807) is 16.7 Å². The van der Waals surface area contributed by atoms with Gasteiger partial charge in [0.2, 0.25) is 5.91 Å². The van der Waals surface area contributed by atoms with E-state index in [-0.39, 0.29) is 5.91 Å². The van der Waals surface area contributed by atoms with E-state index in [9.17, 15) is 4.79 Å². The molecule has 0 atom stereocenters. The Bertz CT molecular complexity index is 387. The van der Waals surface area contributed by atoms with Crippen molar-refractivity contribution in [1.82, 2.24) is 10.2 Å². The Morgan fingerprint density at radius 2 is 2.28 bits per heavy atom. The zero-order chi connectivity index (χ0) is 13.4. The normalized spacial score (nSPS) is 10.4. The van der Waals surface area contributed by atoms with Gasteiger partial charge in [-0.2, -0.15) is 0 Å². The quantitative estimate of drug-likeness (QED) is 0.834. The molecule has 0 saturated carbocycles. The van der Waals surface area contributed by atoms with E-state index in [2.05, 4.69) is 5.32 Å². The first kappa shape index (κ1) is 15.3. The molecule has 1 rings (SSSR count). The fourth-order valence-corrected chi connectivity index (χ4v) is 2.52. The monoisotopic (exact) mass is 286 g/mol. The second-order valence-electron chi connectivity index (χ2n) is 4.04. The number of thioether (sulfide) groups is 1. The number of carbonyl (C=O) groups excluding carboxylic acids is 1. The number of hydrogen-bond acceptors (Lipinski definition) is 3. The summed E-state index contributed by atoms with van der Waals surface area (Å²) in [5.74, 6) is 1.48. The molecule has 3 nitrogen and oxygen atoms in total. The summed E-state index contributed by atoms with van der Waals surface area (Å²) < 4.78 is 0. The SMILES string of the molecule is CNCCN(C)C(=O)CSCc1cccc(Cl)c1. The molecule has 1 aromatic rings. The average Bonchev–Trinajstić information content (AvgIpc) is 2.35. The number of nitrogens with zero attached hydrogens (tertiary/aromatic N) is 1. The van der Waals surface area contributed by atoms with Crippen molar-refractivity contribution < 1.29 is 4.79 Å². The van der Waals surface area contributed by atoms with Crippen LogP contribution < -0.4 is 5.32 Å². The molecule has 0 unspecified atom stereocenters. The fraction of sp³-hybridized carbons (Fsp3) is 0.462. The van der Waals surface area contributed by atoms with Gasteiger partial charge in [0.05, 0.1) is 5.75 Å². The van der Waals surface area contributed by atoms with Gasteiger partial charge in [0.15, 0.2) is 0 Å². The van der Waals surface area contributed by atoms with Gasteiger partial charge in [0, 0.05) is 30.9 Å². The molecule has 0 bridgehead atoms. The molecule has 0 heterocycles. The fourth-order valence-electron chi connectivity index (χ4n) is 1.40. The van der Waals surface area contributed by atoms with E-state index in [0.29, 0.717) is 5.75 Å². The molecule has 0 fully saturated rings. The van der Waals surface area contributed by atoms with Crippen LogP contribution in [-0.4, -0.2) is 43.7 Å². The summed E-state index contributed by atoms with van der Waals surface area (Å²) in [5, 5.41) is 3.77. The Balaban J connectivity index is 2.27. The van der Waals surface area contributed by atoms with E-state index in [1.165, 1.54) is 0 Å². The van der Waals surface area contributed by atoms with Crippen molar-refractivity contribution in [3.05, 3.63) is 34.9 Å². The van der Waals surface area contributed by atoms with E-state index in [4.69, 9.17) is 11.6 Å². The third-order valence-corrected chi connectivity index (χ3v) is 3.73. The minimum Gasteiger partial charge on any atom is -0.344 e. The topological polar surface area (TPSA) is 32.3 Å². The summed E-state index contributed by atoms with van der Waals surface area (Å²) in [4.78, 5) is 13.5. The molecule has 1 aromatic carbocycles. The van der Waals surface area contributed by atoms with Crippen molar-refractivity contribution in [3.8, 4) is 0 Å². The highest BCUT2D eigenvalue weighted by atomic mass is 35.5. The highest BCUT2D eigenvalue weighted by Crippen LogP contribution is 2.16. The Hall–Kier alpha value is -0.710. The number of halogens is 1. The summed E-state index contributed by atoms with van der Waals surface area (Å²) in [5.41, 5.74) is 1.15. The Labute approximate surface area is 118 Å². The van der Waals surface area contributed by atoms with Crippen molar-refractivity contribution in [2.75, 3.05) is 32.9 Å². The van der Waals surface area contributed by atoms with Crippen LogP contribution in [0.2, 0.25) is 5.02 Å². The molecule has 0 spiro atoms. The Morgan fingerprint density at radius 3 is 2.94 bits per heavy atom. The Kier molecular flexibility index (Phi) is 7.16. The van der Waals surface area contributed by atoms with Crippen LogP contribution >= 0.6 is 23.4 Å². The Morgan fingerprint density at radius 1 is 1.50 bits per heavy atom. The van der Waals surface area contributed by atoms with Crippen LogP contribution in [0.5, 0.6) is 0 Å². The molecule has 0 aliphatic rings. The highest BCUT2D eigenvalue weighted by molar-refractivity contribution is 7.99. The number of rotatable bonds is 7. The second kappa shape index (κ2) is 8.40. The van der Waals surface area contributed by atoms with E-state index < -0.39 is 0 Å². The third-order valence-electron chi connectivity index (χ3n) is 2.51. The van der Waals surface area contributed by atoms with Crippen LogP contribution in [0.1, 0.15) is 5.56 Å². The minimum atomic E-state index is 0.164. The highest BCUT2D eigenvalue weighted by Gasteiger charge is 2.07. The lowest BCUT2D eigenvalue weighted by Crippen LogP contribution is -2.33. The zero-order valence-corrected chi connectivity index (χ0v) is 12.4. The lowest BCUT2D eigenvalue weighted by atomic mass is 10.2. The summed E-state index contributed by atoms with van der Waals surface area (Å²) in [6.07, 6.45) is 0. The predicted octanol–water partition coefficient (Wildman–Crippen LogP) is 2.25. The van der Waals surface area contributed by atoms with E-state index in [1.807, 2.05) is 38.4 Å². The van der Waals surface area contributed by atoms with Gasteiger partial charge < -0.3 is 10.2 Å². The standard InChI is InChI=1S/C13H19ClN2OS/c1-15-6-7-16(2)13(17)10-18-9-11-4-3-5-12(14)8-11/h3-5,8,15H,6-7,9-10H2,1-2H3. The molecule has 1 amide bonds. The van der Waals surface area contributed by atoms with Crippen molar-refractivity contribution in [1.29, 1.82) is 0 Å². The van der Waals surface area contributed by atoms with Gasteiger partial charge in [-0.25, -0.2) is 0 Å². The average molecular weight is 287 g/mol. The van der Waals surface area contributed by atoms with Crippen molar-refractivity contribution >= 4 is 29.3 Å². The maximum atomic E-state index is 11.8. The number of likely N-dealkylation sites (N-methyl/N-ethyl adjacent to an activating group) is 2. The van der Waals surface area contributed by atoms with E-state index in [0.717, 1.165) is 29.4 Å². The van der Waals surface area contributed by atoms with Gasteiger partial charge in [-0.05, 0) is 24.7 Å². The smallest absolute Gasteiger partial charge is 0.232 e. The first-order valence-corrected chi connectivity index (χ1v) is 7.37. The second-order valence-corrected chi connectivity index (χ2v) is 5.46. The van der Waals surface area contributed by atoms with Crippen LogP contribution in [0.3, 0.4) is 0 Å². The molecule has 5 heteroatoms. The van der Waals surface area contributed by atoms with Crippen LogP contribution in [0.4, 0.5) is 0 Å². The molecular formula is C13H19ClN2OS. The first-order valence-electron chi connectivity index (χ1n) is 5.84. The number of benzene rings is 1. The lowest BCUT2D eigenvalue weighted by Gasteiger charge is -2.16. The molecule has 0 aliphatic heterocycles. The molecule has 0 radical (unpaired) electrons. The molecule has 100 valence electrons. The van der Waals surface area contributed by atoms with Crippen molar-refractivity contribution in [3.63, 3.8) is 0 Å². The van der Waals surface area contributed by atoms with Crippen LogP contribution in [0.25, 0.3) is 0 Å². The summed E-state index contributed by atoms with van der Waals surface area (Å²) >= 11 is 7.52. The molecule has 0 aromatic heterocycles. The molecule has 18 heavy (non-hydrogen) atoms. The lowest BCUT2D eigenvalue weighted by molar-refractivity contribution is -0.127.